The summed E-state index contributed by atoms with van der Waals surface area (Å²) in [7, 11) is 1.42. The molecular formula is C23H27N5O9. The second-order valence-electron chi connectivity index (χ2n) is 8.12. The smallest absolute Gasteiger partial charge is 0.303 e. The summed E-state index contributed by atoms with van der Waals surface area (Å²) in [5.74, 6) is -2.30. The van der Waals surface area contributed by atoms with Gasteiger partial charge in [-0.25, -0.2) is 0 Å². The third-order valence-corrected chi connectivity index (χ3v) is 5.28. The van der Waals surface area contributed by atoms with Crippen molar-refractivity contribution in [2.75, 3.05) is 17.2 Å². The van der Waals surface area contributed by atoms with Crippen molar-refractivity contribution in [1.82, 2.24) is 9.55 Å². The summed E-state index contributed by atoms with van der Waals surface area (Å²) in [4.78, 5) is 63.9. The van der Waals surface area contributed by atoms with Crippen molar-refractivity contribution in [3.63, 3.8) is 0 Å². The molecule has 1 aliphatic rings. The lowest BCUT2D eigenvalue weighted by atomic mass is 10.0. The number of carbonyl (C=O) groups is 3. The zero-order valence-electron chi connectivity index (χ0n) is 20.6. The van der Waals surface area contributed by atoms with Crippen LogP contribution in [0.4, 0.5) is 17.5 Å². The first-order valence-electron chi connectivity index (χ1n) is 11.2. The molecule has 0 bridgehead atoms. The summed E-state index contributed by atoms with van der Waals surface area (Å²) >= 11 is 0. The highest BCUT2D eigenvalue weighted by molar-refractivity contribution is 5.69. The largest absolute Gasteiger partial charge is 0.456 e. The Morgan fingerprint density at radius 1 is 1.05 bits per heavy atom. The van der Waals surface area contributed by atoms with Crippen LogP contribution in [0.5, 0.6) is 0 Å². The summed E-state index contributed by atoms with van der Waals surface area (Å²) in [6.07, 6.45) is -4.95. The van der Waals surface area contributed by atoms with Gasteiger partial charge in [0, 0.05) is 34.4 Å². The second-order valence-corrected chi connectivity index (χ2v) is 8.12. The standard InChI is InChI=1S/C23H27N5O9/c1-12(29)35-16-11-34-21(19(37-14(3)31)18(16)36-13(2)30)25-20-17(27-33)22(32)28(4)23(26-20)24-10-15-8-6-5-7-9-15/h5-9,16,18-19,21,25H,10-11H2,1-4H3,(H,24,26)/t16-,18-,19-,21-/m1/s1. The quantitative estimate of drug-likeness (QED) is 0.278. The zero-order valence-corrected chi connectivity index (χ0v) is 20.6. The van der Waals surface area contributed by atoms with Crippen LogP contribution in [0, 0.1) is 4.91 Å². The van der Waals surface area contributed by atoms with Crippen molar-refractivity contribution in [1.29, 1.82) is 0 Å². The molecule has 2 heterocycles. The maximum Gasteiger partial charge on any atom is 0.303 e. The van der Waals surface area contributed by atoms with Gasteiger partial charge in [0.05, 0.1) is 6.61 Å². The molecule has 2 N–H and O–H groups in total. The number of nitrogens with zero attached hydrogens (tertiary/aromatic N) is 3. The number of esters is 3. The molecule has 0 saturated carbocycles. The predicted octanol–water partition coefficient (Wildman–Crippen LogP) is 1.35. The van der Waals surface area contributed by atoms with Gasteiger partial charge in [-0.1, -0.05) is 30.3 Å². The molecule has 1 fully saturated rings. The molecule has 3 rings (SSSR count). The molecule has 0 amide bonds. The summed E-state index contributed by atoms with van der Waals surface area (Å²) in [5, 5.41) is 8.58. The van der Waals surface area contributed by atoms with Crippen LogP contribution < -0.4 is 16.2 Å². The number of carbonyl (C=O) groups excluding carboxylic acids is 3. The summed E-state index contributed by atoms with van der Waals surface area (Å²) in [5.41, 5.74) is -0.392. The van der Waals surface area contributed by atoms with Crippen molar-refractivity contribution in [2.24, 2.45) is 12.2 Å². The van der Waals surface area contributed by atoms with E-state index in [1.165, 1.54) is 7.05 Å². The zero-order chi connectivity index (χ0) is 27.1. The highest BCUT2D eigenvalue weighted by Crippen LogP contribution is 2.28. The van der Waals surface area contributed by atoms with Gasteiger partial charge in [0.1, 0.15) is 0 Å². The first-order valence-corrected chi connectivity index (χ1v) is 11.2. The van der Waals surface area contributed by atoms with Gasteiger partial charge in [0.25, 0.3) is 5.56 Å². The summed E-state index contributed by atoms with van der Waals surface area (Å²) in [6.45, 7) is 3.47. The maximum atomic E-state index is 12.8. The lowest BCUT2D eigenvalue weighted by Crippen LogP contribution is -2.59. The topological polar surface area (TPSA) is 177 Å². The number of hydrogen-bond acceptors (Lipinski definition) is 13. The van der Waals surface area contributed by atoms with Crippen LogP contribution in [-0.2, 0) is 46.9 Å². The lowest BCUT2D eigenvalue weighted by Gasteiger charge is -2.40. The molecule has 1 aromatic carbocycles. The van der Waals surface area contributed by atoms with Crippen LogP contribution >= 0.6 is 0 Å². The lowest BCUT2D eigenvalue weighted by molar-refractivity contribution is -0.221. The van der Waals surface area contributed by atoms with Crippen LogP contribution in [0.15, 0.2) is 40.3 Å². The van der Waals surface area contributed by atoms with Crippen LogP contribution in [0.1, 0.15) is 26.3 Å². The minimum Gasteiger partial charge on any atom is -0.456 e. The Hall–Kier alpha value is -4.33. The molecule has 4 atom stereocenters. The summed E-state index contributed by atoms with van der Waals surface area (Å²) in [6, 6.07) is 9.32. The average molecular weight is 517 g/mol. The van der Waals surface area contributed by atoms with Crippen LogP contribution in [-0.4, -0.2) is 58.6 Å². The van der Waals surface area contributed by atoms with Crippen molar-refractivity contribution in [3.8, 4) is 0 Å². The van der Waals surface area contributed by atoms with Gasteiger partial charge in [0.15, 0.2) is 30.4 Å². The molecule has 1 saturated heterocycles. The van der Waals surface area contributed by atoms with Gasteiger partial charge >= 0.3 is 17.9 Å². The Bertz CT molecular complexity index is 1220. The number of nitrogens with one attached hydrogen (secondary N) is 2. The highest BCUT2D eigenvalue weighted by atomic mass is 16.6. The third kappa shape index (κ3) is 6.88. The Morgan fingerprint density at radius 3 is 2.27 bits per heavy atom. The fourth-order valence-electron chi connectivity index (χ4n) is 3.71. The van der Waals surface area contributed by atoms with Crippen molar-refractivity contribution >= 4 is 35.4 Å². The van der Waals surface area contributed by atoms with Gasteiger partial charge < -0.3 is 29.6 Å². The molecular weight excluding hydrogens is 490 g/mol. The van der Waals surface area contributed by atoms with Gasteiger partial charge in [-0.3, -0.25) is 23.7 Å². The van der Waals surface area contributed by atoms with E-state index < -0.39 is 53.7 Å². The van der Waals surface area contributed by atoms with Crippen molar-refractivity contribution in [2.45, 2.75) is 51.9 Å². The van der Waals surface area contributed by atoms with E-state index in [1.807, 2.05) is 30.3 Å². The van der Waals surface area contributed by atoms with E-state index in [2.05, 4.69) is 20.8 Å². The Morgan fingerprint density at radius 2 is 1.68 bits per heavy atom. The SMILES string of the molecule is CC(=O)O[C@@H]1[C@H](OC(C)=O)[C@H](OC(C)=O)CO[C@H]1Nc1nc(NCc2ccccc2)n(C)c(=O)c1N=O. The average Bonchev–Trinajstić information content (AvgIpc) is 2.84. The fraction of sp³-hybridized carbons (Fsp3) is 0.435. The van der Waals surface area contributed by atoms with E-state index in [9.17, 15) is 24.1 Å². The van der Waals surface area contributed by atoms with Crippen LogP contribution in [0.3, 0.4) is 0 Å². The minimum atomic E-state index is -1.34. The van der Waals surface area contributed by atoms with E-state index in [0.717, 1.165) is 30.9 Å². The molecule has 1 aromatic heterocycles. The number of nitroso groups, excluding NO2 is 1. The van der Waals surface area contributed by atoms with Gasteiger partial charge in [-0.2, -0.15) is 4.98 Å². The number of rotatable bonds is 9. The van der Waals surface area contributed by atoms with E-state index in [0.29, 0.717) is 6.54 Å². The summed E-state index contributed by atoms with van der Waals surface area (Å²) < 4.78 is 22.6. The van der Waals surface area contributed by atoms with E-state index >= 15 is 0 Å². The number of aromatic nitrogens is 2. The minimum absolute atomic E-state index is 0.109. The number of ether oxygens (including phenoxy) is 4. The maximum absolute atomic E-state index is 12.8. The normalized spacial score (nSPS) is 20.9. The predicted molar refractivity (Wildman–Crippen MR) is 129 cm³/mol. The fourth-order valence-corrected chi connectivity index (χ4v) is 3.71. The van der Waals surface area contributed by atoms with Gasteiger partial charge in [-0.05, 0) is 10.7 Å². The Balaban J connectivity index is 1.95. The number of anilines is 2. The molecule has 198 valence electrons. The van der Waals surface area contributed by atoms with E-state index in [4.69, 9.17) is 18.9 Å². The van der Waals surface area contributed by atoms with Gasteiger partial charge in [-0.15, -0.1) is 4.91 Å². The molecule has 0 unspecified atom stereocenters. The van der Waals surface area contributed by atoms with E-state index in [-0.39, 0.29) is 18.4 Å². The Labute approximate surface area is 211 Å². The molecule has 37 heavy (non-hydrogen) atoms. The molecule has 14 nitrogen and oxygen atoms in total. The monoisotopic (exact) mass is 517 g/mol. The molecule has 0 aliphatic carbocycles. The first kappa shape index (κ1) is 27.3. The van der Waals surface area contributed by atoms with Crippen LogP contribution in [0.2, 0.25) is 0 Å². The molecule has 0 spiro atoms. The number of benzene rings is 1. The third-order valence-electron chi connectivity index (χ3n) is 5.28. The number of hydrogen-bond donors (Lipinski definition) is 2. The van der Waals surface area contributed by atoms with Crippen LogP contribution in [0.25, 0.3) is 0 Å². The molecule has 14 heteroatoms. The second kappa shape index (κ2) is 12.1. The first-order chi connectivity index (χ1) is 17.6. The van der Waals surface area contributed by atoms with Crippen molar-refractivity contribution in [3.05, 3.63) is 51.2 Å². The molecule has 0 radical (unpaired) electrons. The van der Waals surface area contributed by atoms with E-state index in [1.54, 1.807) is 0 Å². The Kier molecular flexibility index (Phi) is 8.90. The highest BCUT2D eigenvalue weighted by Gasteiger charge is 2.47. The molecule has 2 aromatic rings. The molecule has 1 aliphatic heterocycles. The van der Waals surface area contributed by atoms with Crippen molar-refractivity contribution < 1.29 is 33.3 Å². The van der Waals surface area contributed by atoms with Gasteiger partial charge in [0.2, 0.25) is 11.6 Å².